The molecule has 8 heteroatoms. The molecule has 2 aromatic carbocycles. The van der Waals surface area contributed by atoms with E-state index in [1.165, 1.54) is 0 Å². The van der Waals surface area contributed by atoms with Gasteiger partial charge in [0.15, 0.2) is 11.5 Å². The number of aromatic amines is 1. The van der Waals surface area contributed by atoms with Crippen LogP contribution in [0.4, 0.5) is 5.69 Å². The highest BCUT2D eigenvalue weighted by Gasteiger charge is 2.23. The fourth-order valence-electron chi connectivity index (χ4n) is 2.79. The molecule has 1 aromatic heterocycles. The number of nitrogens with two attached hydrogens (primary N) is 1. The van der Waals surface area contributed by atoms with E-state index < -0.39 is 0 Å². The minimum absolute atomic E-state index is 0.174. The predicted octanol–water partition coefficient (Wildman–Crippen LogP) is 3.18. The SMILES string of the molecule is COc1cc(-c2nn[nH]c2-c2ccc(SC)c(N)c2)cc2c1OCO2. The average molecular weight is 356 g/mol. The van der Waals surface area contributed by atoms with E-state index in [9.17, 15) is 0 Å². The normalized spacial score (nSPS) is 12.4. The van der Waals surface area contributed by atoms with Crippen molar-refractivity contribution in [1.29, 1.82) is 0 Å². The van der Waals surface area contributed by atoms with Gasteiger partial charge in [0.2, 0.25) is 12.5 Å². The zero-order valence-corrected chi connectivity index (χ0v) is 14.5. The number of anilines is 1. The van der Waals surface area contributed by atoms with Crippen LogP contribution in [-0.2, 0) is 0 Å². The molecule has 0 saturated carbocycles. The van der Waals surface area contributed by atoms with E-state index in [-0.39, 0.29) is 6.79 Å². The maximum absolute atomic E-state index is 6.11. The number of hydrogen-bond donors (Lipinski definition) is 2. The van der Waals surface area contributed by atoms with Gasteiger partial charge in [-0.25, -0.2) is 0 Å². The van der Waals surface area contributed by atoms with Crippen molar-refractivity contribution in [3.05, 3.63) is 30.3 Å². The van der Waals surface area contributed by atoms with E-state index in [0.717, 1.165) is 21.7 Å². The van der Waals surface area contributed by atoms with Crippen LogP contribution < -0.4 is 19.9 Å². The molecular formula is C17H16N4O3S. The van der Waals surface area contributed by atoms with Crippen molar-refractivity contribution in [2.45, 2.75) is 4.90 Å². The molecule has 1 aliphatic rings. The minimum atomic E-state index is 0.174. The number of methoxy groups -OCH3 is 1. The zero-order valence-electron chi connectivity index (χ0n) is 13.7. The van der Waals surface area contributed by atoms with Gasteiger partial charge in [0, 0.05) is 21.7 Å². The third-order valence-electron chi connectivity index (χ3n) is 4.00. The lowest BCUT2D eigenvalue weighted by atomic mass is 10.0. The molecule has 0 fully saturated rings. The van der Waals surface area contributed by atoms with Gasteiger partial charge in [-0.05, 0) is 30.5 Å². The van der Waals surface area contributed by atoms with Gasteiger partial charge in [0.25, 0.3) is 0 Å². The Hall–Kier alpha value is -2.87. The minimum Gasteiger partial charge on any atom is -0.493 e. The van der Waals surface area contributed by atoms with Crippen molar-refractivity contribution < 1.29 is 14.2 Å². The summed E-state index contributed by atoms with van der Waals surface area (Å²) in [5, 5.41) is 11.1. The number of nitrogens with zero attached hydrogens (tertiary/aromatic N) is 2. The topological polar surface area (TPSA) is 95.3 Å². The van der Waals surface area contributed by atoms with Gasteiger partial charge in [0.1, 0.15) is 5.69 Å². The molecule has 0 amide bonds. The highest BCUT2D eigenvalue weighted by Crippen LogP contribution is 2.45. The Labute approximate surface area is 148 Å². The number of aromatic nitrogens is 3. The summed E-state index contributed by atoms with van der Waals surface area (Å²) < 4.78 is 16.3. The standard InChI is InChI=1S/C17H16N4O3S/c1-22-12-6-10(7-13-17(12)24-8-23-13)16-15(19-21-20-16)9-3-4-14(25-2)11(18)5-9/h3-7H,8,18H2,1-2H3,(H,19,20,21). The van der Waals surface area contributed by atoms with Crippen LogP contribution in [0.5, 0.6) is 17.2 Å². The Bertz CT molecular complexity index is 942. The van der Waals surface area contributed by atoms with Gasteiger partial charge >= 0.3 is 0 Å². The fraction of sp³-hybridized carbons (Fsp3) is 0.176. The first-order valence-corrected chi connectivity index (χ1v) is 8.76. The molecule has 4 rings (SSSR count). The summed E-state index contributed by atoms with van der Waals surface area (Å²) >= 11 is 1.61. The van der Waals surface area contributed by atoms with Gasteiger partial charge in [-0.2, -0.15) is 0 Å². The quantitative estimate of drug-likeness (QED) is 0.547. The average Bonchev–Trinajstić information content (AvgIpc) is 3.29. The second kappa shape index (κ2) is 6.21. The predicted molar refractivity (Wildman–Crippen MR) is 96.1 cm³/mol. The van der Waals surface area contributed by atoms with E-state index >= 15 is 0 Å². The summed E-state index contributed by atoms with van der Waals surface area (Å²) in [7, 11) is 1.59. The molecule has 0 atom stereocenters. The lowest BCUT2D eigenvalue weighted by Crippen LogP contribution is -1.93. The number of H-pyrrole nitrogens is 1. The molecule has 1 aliphatic heterocycles. The largest absolute Gasteiger partial charge is 0.493 e. The molecule has 0 radical (unpaired) electrons. The molecule has 25 heavy (non-hydrogen) atoms. The molecule has 2 heterocycles. The van der Waals surface area contributed by atoms with E-state index in [0.29, 0.717) is 28.6 Å². The number of ether oxygens (including phenoxy) is 3. The summed E-state index contributed by atoms with van der Waals surface area (Å²) in [6, 6.07) is 9.61. The highest BCUT2D eigenvalue weighted by molar-refractivity contribution is 7.98. The van der Waals surface area contributed by atoms with Crippen molar-refractivity contribution >= 4 is 17.4 Å². The molecule has 0 unspecified atom stereocenters. The van der Waals surface area contributed by atoms with Gasteiger partial charge < -0.3 is 19.9 Å². The van der Waals surface area contributed by atoms with E-state index in [1.54, 1.807) is 18.9 Å². The van der Waals surface area contributed by atoms with Gasteiger partial charge in [-0.15, -0.1) is 16.9 Å². The molecule has 0 bridgehead atoms. The number of nitrogens with one attached hydrogen (secondary N) is 1. The van der Waals surface area contributed by atoms with E-state index in [2.05, 4.69) is 15.4 Å². The first-order valence-electron chi connectivity index (χ1n) is 7.54. The molecular weight excluding hydrogens is 340 g/mol. The summed E-state index contributed by atoms with van der Waals surface area (Å²) in [6.45, 7) is 0.174. The van der Waals surface area contributed by atoms with Crippen LogP contribution in [0.2, 0.25) is 0 Å². The third-order valence-corrected chi connectivity index (χ3v) is 4.81. The summed E-state index contributed by atoms with van der Waals surface area (Å²) in [5.74, 6) is 1.82. The van der Waals surface area contributed by atoms with Crippen molar-refractivity contribution in [3.63, 3.8) is 0 Å². The summed E-state index contributed by atoms with van der Waals surface area (Å²) in [6.07, 6.45) is 1.99. The second-order valence-electron chi connectivity index (χ2n) is 5.40. The molecule has 0 aliphatic carbocycles. The molecule has 3 N–H and O–H groups in total. The Balaban J connectivity index is 1.82. The van der Waals surface area contributed by atoms with Gasteiger partial charge in [-0.3, -0.25) is 5.10 Å². The van der Waals surface area contributed by atoms with Crippen LogP contribution in [0.3, 0.4) is 0 Å². The number of thioether (sulfide) groups is 1. The first kappa shape index (κ1) is 15.6. The summed E-state index contributed by atoms with van der Waals surface area (Å²) in [5.41, 5.74) is 10.0. The third kappa shape index (κ3) is 2.64. The lowest BCUT2D eigenvalue weighted by Gasteiger charge is -2.09. The molecule has 7 nitrogen and oxygen atoms in total. The Morgan fingerprint density at radius 2 is 2.08 bits per heavy atom. The Kier molecular flexibility index (Phi) is 3.89. The first-order chi connectivity index (χ1) is 12.2. The van der Waals surface area contributed by atoms with Crippen LogP contribution in [0, 0.1) is 0 Å². The Morgan fingerprint density at radius 3 is 2.84 bits per heavy atom. The Morgan fingerprint density at radius 1 is 1.20 bits per heavy atom. The fourth-order valence-corrected chi connectivity index (χ4v) is 3.29. The number of fused-ring (bicyclic) bond motifs is 1. The molecule has 0 spiro atoms. The molecule has 0 saturated heterocycles. The van der Waals surface area contributed by atoms with E-state index in [1.807, 2.05) is 36.6 Å². The van der Waals surface area contributed by atoms with Crippen molar-refractivity contribution in [3.8, 4) is 39.8 Å². The molecule has 128 valence electrons. The maximum Gasteiger partial charge on any atom is 0.231 e. The van der Waals surface area contributed by atoms with Crippen LogP contribution in [0.1, 0.15) is 0 Å². The number of hydrogen-bond acceptors (Lipinski definition) is 7. The smallest absolute Gasteiger partial charge is 0.231 e. The maximum atomic E-state index is 6.11. The van der Waals surface area contributed by atoms with Crippen molar-refractivity contribution in [2.75, 3.05) is 25.9 Å². The number of nitrogen functional groups attached to an aromatic ring is 1. The number of benzene rings is 2. The molecule has 3 aromatic rings. The van der Waals surface area contributed by atoms with Crippen LogP contribution in [0.25, 0.3) is 22.5 Å². The number of rotatable bonds is 4. The van der Waals surface area contributed by atoms with Crippen LogP contribution in [0.15, 0.2) is 35.2 Å². The van der Waals surface area contributed by atoms with Crippen molar-refractivity contribution in [2.24, 2.45) is 0 Å². The van der Waals surface area contributed by atoms with Crippen LogP contribution >= 0.6 is 11.8 Å². The van der Waals surface area contributed by atoms with Crippen molar-refractivity contribution in [1.82, 2.24) is 15.4 Å². The zero-order chi connectivity index (χ0) is 17.4. The second-order valence-corrected chi connectivity index (χ2v) is 6.25. The van der Waals surface area contributed by atoms with E-state index in [4.69, 9.17) is 19.9 Å². The van der Waals surface area contributed by atoms with Crippen LogP contribution in [-0.4, -0.2) is 35.6 Å². The summed E-state index contributed by atoms with van der Waals surface area (Å²) in [4.78, 5) is 1.03. The van der Waals surface area contributed by atoms with Gasteiger partial charge in [0.05, 0.1) is 12.8 Å². The monoisotopic (exact) mass is 356 g/mol. The van der Waals surface area contributed by atoms with Gasteiger partial charge in [-0.1, -0.05) is 11.3 Å². The lowest BCUT2D eigenvalue weighted by molar-refractivity contribution is 0.171. The highest BCUT2D eigenvalue weighted by atomic mass is 32.2.